The highest BCUT2D eigenvalue weighted by atomic mass is 19.1. The lowest BCUT2D eigenvalue weighted by Crippen LogP contribution is -2.70. The van der Waals surface area contributed by atoms with Crippen LogP contribution in [0.3, 0.4) is 0 Å². The second kappa shape index (κ2) is 15.2. The van der Waals surface area contributed by atoms with E-state index in [1.807, 2.05) is 11.5 Å². The summed E-state index contributed by atoms with van der Waals surface area (Å²) in [5.41, 5.74) is -9.60. The number of allylic oxidation sites excluding steroid dienone is 4. The number of ether oxygens (including phenoxy) is 3. The van der Waals surface area contributed by atoms with Crippen molar-refractivity contribution in [1.29, 1.82) is 0 Å². The quantitative estimate of drug-likeness (QED) is 0.266. The number of fused-ring (bicyclic) bond motifs is 6. The largest absolute Gasteiger partial charge is 0.492 e. The van der Waals surface area contributed by atoms with Crippen LogP contribution in [-0.4, -0.2) is 105 Å². The predicted molar refractivity (Wildman–Crippen MR) is 239 cm³/mol. The molecule has 15 heteroatoms. The van der Waals surface area contributed by atoms with Crippen molar-refractivity contribution in [2.45, 2.75) is 155 Å². The normalized spacial score (nSPS) is 33.6. The Balaban J connectivity index is 1.13. The molecule has 1 aromatic carbocycles. The molecule has 2 N–H and O–H groups in total. The minimum absolute atomic E-state index is 0.0100. The van der Waals surface area contributed by atoms with E-state index in [1.165, 1.54) is 40.0 Å². The average molecular weight is 906 g/mol. The number of ketones is 2. The van der Waals surface area contributed by atoms with Crippen molar-refractivity contribution in [1.82, 2.24) is 9.47 Å². The highest BCUT2D eigenvalue weighted by molar-refractivity contribution is 6.03. The van der Waals surface area contributed by atoms with Crippen LogP contribution in [0.1, 0.15) is 128 Å². The third-order valence-electron chi connectivity index (χ3n) is 16.4. The number of aliphatic hydroxyl groups is 2. The van der Waals surface area contributed by atoms with Crippen molar-refractivity contribution < 1.29 is 52.4 Å². The summed E-state index contributed by atoms with van der Waals surface area (Å²) in [5, 5.41) is 24.7. The molecule has 5 fully saturated rings. The van der Waals surface area contributed by atoms with Gasteiger partial charge >= 0.3 is 12.1 Å². The lowest BCUT2D eigenvalue weighted by Gasteiger charge is -2.62. The molecule has 0 spiro atoms. The molecule has 9 atom stereocenters. The molecular formula is C50H65F2N3O10. The van der Waals surface area contributed by atoms with Gasteiger partial charge in [0.1, 0.15) is 22.5 Å². The van der Waals surface area contributed by atoms with Crippen LogP contribution in [0.4, 0.5) is 19.3 Å². The van der Waals surface area contributed by atoms with Crippen LogP contribution in [0.5, 0.6) is 5.75 Å². The number of aliphatic hydroxyl groups excluding tert-OH is 1. The van der Waals surface area contributed by atoms with Gasteiger partial charge in [-0.1, -0.05) is 25.5 Å². The maximum Gasteiger partial charge on any atom is 0.410 e. The number of benzene rings is 1. The summed E-state index contributed by atoms with van der Waals surface area (Å²) in [5.74, 6) is -4.87. The first-order valence-electron chi connectivity index (χ1n) is 23.1. The number of aromatic nitrogens is 1. The smallest absolute Gasteiger partial charge is 0.410 e. The molecule has 2 heterocycles. The molecule has 6 aliphatic rings. The van der Waals surface area contributed by atoms with Crippen molar-refractivity contribution in [3.8, 4) is 5.75 Å². The summed E-state index contributed by atoms with van der Waals surface area (Å²) in [7, 11) is 1.40. The van der Waals surface area contributed by atoms with E-state index in [4.69, 9.17) is 14.2 Å². The summed E-state index contributed by atoms with van der Waals surface area (Å²) in [6.45, 7) is 18.9. The average Bonchev–Trinajstić information content (AvgIpc) is 4.02. The van der Waals surface area contributed by atoms with E-state index in [0.29, 0.717) is 36.8 Å². The zero-order valence-electron chi connectivity index (χ0n) is 39.8. The number of aryl methyl sites for hydroxylation is 1. The van der Waals surface area contributed by atoms with Crippen molar-refractivity contribution in [2.75, 3.05) is 31.6 Å². The molecule has 1 saturated heterocycles. The van der Waals surface area contributed by atoms with Crippen molar-refractivity contribution in [2.24, 2.45) is 28.6 Å². The number of Topliss-reactive ketones (excluding diaryl/α,β-unsaturated/α-hetero) is 1. The molecular weight excluding hydrogens is 841 g/mol. The topological polar surface area (TPSA) is 165 Å². The number of amides is 1. The zero-order valence-corrected chi connectivity index (χ0v) is 39.8. The minimum Gasteiger partial charge on any atom is -0.492 e. The number of pyridine rings is 1. The van der Waals surface area contributed by atoms with Crippen LogP contribution < -0.4 is 15.1 Å². The molecule has 8 rings (SSSR count). The second-order valence-electron chi connectivity index (χ2n) is 21.8. The van der Waals surface area contributed by atoms with Gasteiger partial charge in [0, 0.05) is 59.7 Å². The van der Waals surface area contributed by atoms with E-state index in [1.54, 1.807) is 64.3 Å². The van der Waals surface area contributed by atoms with Gasteiger partial charge in [-0.05, 0) is 125 Å². The van der Waals surface area contributed by atoms with Crippen molar-refractivity contribution in [3.63, 3.8) is 0 Å². The molecule has 13 nitrogen and oxygen atoms in total. The van der Waals surface area contributed by atoms with Gasteiger partial charge in [0.15, 0.2) is 28.6 Å². The van der Waals surface area contributed by atoms with Crippen LogP contribution in [0.2, 0.25) is 0 Å². The molecule has 1 aliphatic heterocycles. The number of halogens is 2. The standard InChI is InChI=1S/C50H65F2N3O10/c1-25-21-33-32-16-13-29-22-31(56)17-18-47(29,10)49(32,52)34(57)23-48(33,11)50(25,62)43(60)46(8,9)64-42(59)36-28(4)55(30-14-15-30)38-35(40(36)58)27(3)37(51)39(41(38)63-12)53-19-20-54(26(2)24-53)44(61)65-45(5,6)7/h17-18,22,25-26,30,32-34,57,62H,13-16,19-21,23-24H2,1-12H3/t25-,26?,32+,33+,34+,47+,48+,49+,50+/m1/s1. The molecule has 354 valence electrons. The van der Waals surface area contributed by atoms with E-state index in [0.717, 1.165) is 0 Å². The van der Waals surface area contributed by atoms with Gasteiger partial charge in [-0.2, -0.15) is 0 Å². The fraction of sp³-hybridized carbons (Fsp3) is 0.660. The lowest BCUT2D eigenvalue weighted by molar-refractivity contribution is -0.223. The Bertz CT molecular complexity index is 2540. The monoisotopic (exact) mass is 905 g/mol. The Labute approximate surface area is 379 Å². The van der Waals surface area contributed by atoms with Crippen LogP contribution in [0.15, 0.2) is 28.6 Å². The highest BCUT2D eigenvalue weighted by Crippen LogP contribution is 2.71. The molecule has 0 radical (unpaired) electrons. The fourth-order valence-corrected chi connectivity index (χ4v) is 13.0. The number of piperazine rings is 1. The van der Waals surface area contributed by atoms with E-state index >= 15 is 13.6 Å². The van der Waals surface area contributed by atoms with E-state index in [-0.39, 0.29) is 84.0 Å². The maximum atomic E-state index is 17.9. The summed E-state index contributed by atoms with van der Waals surface area (Å²) >= 11 is 0. The molecule has 4 saturated carbocycles. The second-order valence-corrected chi connectivity index (χ2v) is 21.8. The molecule has 65 heavy (non-hydrogen) atoms. The summed E-state index contributed by atoms with van der Waals surface area (Å²) in [6, 6.07) is -0.527. The summed E-state index contributed by atoms with van der Waals surface area (Å²) in [6.07, 6.45) is 4.38. The molecule has 1 unspecified atom stereocenters. The van der Waals surface area contributed by atoms with Gasteiger partial charge < -0.3 is 38.8 Å². The van der Waals surface area contributed by atoms with Gasteiger partial charge in [-0.3, -0.25) is 14.4 Å². The molecule has 1 amide bonds. The van der Waals surface area contributed by atoms with Gasteiger partial charge in [-0.15, -0.1) is 0 Å². The van der Waals surface area contributed by atoms with Gasteiger partial charge in [-0.25, -0.2) is 18.4 Å². The number of nitrogens with zero attached hydrogens (tertiary/aromatic N) is 3. The summed E-state index contributed by atoms with van der Waals surface area (Å²) in [4.78, 5) is 73.2. The van der Waals surface area contributed by atoms with Crippen LogP contribution >= 0.6 is 0 Å². The number of methoxy groups -OCH3 is 1. The first-order chi connectivity index (χ1) is 30.1. The van der Waals surface area contributed by atoms with E-state index < -0.39 is 86.3 Å². The number of hydrogen-bond acceptors (Lipinski definition) is 11. The molecule has 5 aliphatic carbocycles. The third-order valence-corrected chi connectivity index (χ3v) is 16.4. The number of anilines is 1. The minimum atomic E-state index is -2.19. The third kappa shape index (κ3) is 6.65. The molecule has 0 bridgehead atoms. The number of carbonyl (C=O) groups is 4. The zero-order chi connectivity index (χ0) is 47.9. The Morgan fingerprint density at radius 2 is 1.63 bits per heavy atom. The van der Waals surface area contributed by atoms with Crippen molar-refractivity contribution >= 4 is 40.2 Å². The van der Waals surface area contributed by atoms with E-state index in [2.05, 4.69) is 0 Å². The Morgan fingerprint density at radius 1 is 0.969 bits per heavy atom. The Morgan fingerprint density at radius 3 is 2.23 bits per heavy atom. The first kappa shape index (κ1) is 46.9. The number of hydrogen-bond donors (Lipinski definition) is 2. The van der Waals surface area contributed by atoms with Gasteiger partial charge in [0.2, 0.25) is 11.2 Å². The predicted octanol–water partition coefficient (Wildman–Crippen LogP) is 7.40. The number of esters is 1. The Hall–Kier alpha value is -4.63. The SMILES string of the molecule is COc1c(N2CCN(C(=O)OC(C)(C)C)C(C)C2)c(F)c(C)c2c(=O)c(C(=O)OC(C)(C)C(=O)[C@@]3(O)[C@H](C)C[C@H]4[C@@H]5CCC6=CC(=O)C=C[C@]6(C)[C@@]5(F)[C@@H](O)C[C@@]43C)c(C)n(C3CC3)c12. The number of rotatable bonds is 7. The maximum absolute atomic E-state index is 17.9. The number of alkyl halides is 1. The van der Waals surface area contributed by atoms with Crippen LogP contribution in [0.25, 0.3) is 10.9 Å². The molecule has 2 aromatic rings. The van der Waals surface area contributed by atoms with E-state index in [9.17, 15) is 29.4 Å². The highest BCUT2D eigenvalue weighted by Gasteiger charge is 2.76. The number of carbonyl (C=O) groups excluding carboxylic acids is 4. The van der Waals surface area contributed by atoms with Gasteiger partial charge in [0.25, 0.3) is 0 Å². The Kier molecular flexibility index (Phi) is 11.0. The van der Waals surface area contributed by atoms with Crippen molar-refractivity contribution in [3.05, 3.63) is 56.7 Å². The summed E-state index contributed by atoms with van der Waals surface area (Å²) < 4.78 is 54.3. The fourth-order valence-electron chi connectivity index (χ4n) is 13.0. The van der Waals surface area contributed by atoms with Crippen LogP contribution in [-0.2, 0) is 19.1 Å². The van der Waals surface area contributed by atoms with Crippen LogP contribution in [0, 0.1) is 48.2 Å². The van der Waals surface area contributed by atoms with Gasteiger partial charge in [0.05, 0.1) is 24.1 Å². The first-order valence-corrected chi connectivity index (χ1v) is 23.1. The molecule has 1 aromatic heterocycles. The lowest BCUT2D eigenvalue weighted by atomic mass is 9.44.